The van der Waals surface area contributed by atoms with Gasteiger partial charge in [-0.05, 0) is 20.8 Å². The van der Waals surface area contributed by atoms with Crippen molar-refractivity contribution in [1.82, 2.24) is 14.8 Å². The van der Waals surface area contributed by atoms with Crippen LogP contribution in [0.4, 0.5) is 0 Å². The minimum absolute atomic E-state index is 0.225. The van der Waals surface area contributed by atoms with Crippen LogP contribution in [-0.4, -0.2) is 33.9 Å². The Balaban J connectivity index is 2.85. The monoisotopic (exact) mass is 240 g/mol. The predicted molar refractivity (Wildman–Crippen MR) is 63.2 cm³/mol. The molecule has 0 fully saturated rings. The topological polar surface area (TPSA) is 83.0 Å². The second kappa shape index (κ2) is 5.77. The molecule has 96 valence electrons. The number of rotatable bonds is 6. The Morgan fingerprint density at radius 3 is 2.82 bits per heavy atom. The molecule has 1 rings (SSSR count). The summed E-state index contributed by atoms with van der Waals surface area (Å²) in [6.07, 6.45) is 1.93. The summed E-state index contributed by atoms with van der Waals surface area (Å²) >= 11 is 0. The van der Waals surface area contributed by atoms with Crippen molar-refractivity contribution in [2.45, 2.75) is 33.7 Å². The van der Waals surface area contributed by atoms with E-state index in [9.17, 15) is 4.79 Å². The fourth-order valence-corrected chi connectivity index (χ4v) is 1.57. The number of aromatic nitrogens is 3. The molecule has 6 heteroatoms. The highest BCUT2D eigenvalue weighted by atomic mass is 16.5. The summed E-state index contributed by atoms with van der Waals surface area (Å²) in [4.78, 5) is 16.0. The van der Waals surface area contributed by atoms with Crippen molar-refractivity contribution >= 4 is 5.97 Å². The average Bonchev–Trinajstić information content (AvgIpc) is 2.76. The van der Waals surface area contributed by atoms with Gasteiger partial charge >= 0.3 is 5.97 Å². The zero-order valence-electron chi connectivity index (χ0n) is 10.6. The molecule has 0 saturated heterocycles. The van der Waals surface area contributed by atoms with Gasteiger partial charge in [-0.15, -0.1) is 0 Å². The zero-order valence-corrected chi connectivity index (χ0v) is 10.6. The SMILES string of the molecule is CCOC(=O)C(C)(CN)Cc1ncnn1CC. The maximum absolute atomic E-state index is 11.9. The van der Waals surface area contributed by atoms with Crippen LogP contribution >= 0.6 is 0 Å². The predicted octanol–water partition coefficient (Wildman–Crippen LogP) is 0.369. The first-order valence-electron chi connectivity index (χ1n) is 5.81. The highest BCUT2D eigenvalue weighted by Crippen LogP contribution is 2.22. The number of carbonyl (C=O) groups excluding carboxylic acids is 1. The molecule has 0 aliphatic rings. The minimum atomic E-state index is -0.740. The Kier molecular flexibility index (Phi) is 4.62. The first-order valence-corrected chi connectivity index (χ1v) is 5.81. The summed E-state index contributed by atoms with van der Waals surface area (Å²) in [5.74, 6) is 0.474. The van der Waals surface area contributed by atoms with Gasteiger partial charge in [0.1, 0.15) is 12.2 Å². The van der Waals surface area contributed by atoms with Crippen LogP contribution in [0.3, 0.4) is 0 Å². The van der Waals surface area contributed by atoms with Gasteiger partial charge < -0.3 is 10.5 Å². The second-order valence-electron chi connectivity index (χ2n) is 4.15. The molecule has 0 spiro atoms. The van der Waals surface area contributed by atoms with Gasteiger partial charge in [0.05, 0.1) is 12.0 Å². The minimum Gasteiger partial charge on any atom is -0.466 e. The van der Waals surface area contributed by atoms with E-state index in [1.807, 2.05) is 6.92 Å². The third kappa shape index (κ3) is 3.03. The van der Waals surface area contributed by atoms with E-state index in [0.717, 1.165) is 12.4 Å². The van der Waals surface area contributed by atoms with Crippen LogP contribution in [0.1, 0.15) is 26.6 Å². The molecule has 1 aromatic rings. The summed E-state index contributed by atoms with van der Waals surface area (Å²) < 4.78 is 6.80. The van der Waals surface area contributed by atoms with Crippen molar-refractivity contribution in [3.8, 4) is 0 Å². The van der Waals surface area contributed by atoms with Gasteiger partial charge in [-0.2, -0.15) is 5.10 Å². The summed E-state index contributed by atoms with van der Waals surface area (Å²) in [5.41, 5.74) is 4.95. The molecule has 0 aliphatic heterocycles. The lowest BCUT2D eigenvalue weighted by molar-refractivity contribution is -0.153. The molecule has 0 saturated carbocycles. The standard InChI is InChI=1S/C11H20N4O2/c1-4-15-9(13-8-14-15)6-11(3,7-12)10(16)17-5-2/h8H,4-7,12H2,1-3H3. The summed E-state index contributed by atoms with van der Waals surface area (Å²) in [6, 6.07) is 0. The molecule has 1 unspecified atom stereocenters. The van der Waals surface area contributed by atoms with Gasteiger partial charge in [-0.1, -0.05) is 0 Å². The summed E-state index contributed by atoms with van der Waals surface area (Å²) in [5, 5.41) is 4.07. The van der Waals surface area contributed by atoms with Crippen LogP contribution in [0.5, 0.6) is 0 Å². The fraction of sp³-hybridized carbons (Fsp3) is 0.727. The number of nitrogens with two attached hydrogens (primary N) is 1. The Hall–Kier alpha value is -1.43. The Morgan fingerprint density at radius 1 is 1.59 bits per heavy atom. The number of carbonyl (C=O) groups is 1. The molecule has 1 heterocycles. The van der Waals surface area contributed by atoms with Gasteiger partial charge in [0, 0.05) is 19.5 Å². The Morgan fingerprint density at radius 2 is 2.29 bits per heavy atom. The second-order valence-corrected chi connectivity index (χ2v) is 4.15. The maximum Gasteiger partial charge on any atom is 0.313 e. The largest absolute Gasteiger partial charge is 0.466 e. The van der Waals surface area contributed by atoms with Crippen LogP contribution in [0.25, 0.3) is 0 Å². The normalized spacial score (nSPS) is 14.4. The number of esters is 1. The third-order valence-corrected chi connectivity index (χ3v) is 2.76. The summed E-state index contributed by atoms with van der Waals surface area (Å²) in [7, 11) is 0. The number of aryl methyl sites for hydroxylation is 1. The first kappa shape index (κ1) is 13.6. The molecular weight excluding hydrogens is 220 g/mol. The van der Waals surface area contributed by atoms with E-state index < -0.39 is 5.41 Å². The van der Waals surface area contributed by atoms with Crippen molar-refractivity contribution in [2.24, 2.45) is 11.1 Å². The van der Waals surface area contributed by atoms with Crippen molar-refractivity contribution < 1.29 is 9.53 Å². The molecule has 6 nitrogen and oxygen atoms in total. The van der Waals surface area contributed by atoms with Crippen molar-refractivity contribution in [1.29, 1.82) is 0 Å². The molecule has 0 radical (unpaired) electrons. The number of ether oxygens (including phenoxy) is 1. The molecule has 0 aliphatic carbocycles. The maximum atomic E-state index is 11.9. The number of nitrogens with zero attached hydrogens (tertiary/aromatic N) is 3. The van der Waals surface area contributed by atoms with Crippen molar-refractivity contribution in [3.63, 3.8) is 0 Å². The summed E-state index contributed by atoms with van der Waals surface area (Å²) in [6.45, 7) is 6.85. The molecule has 2 N–H and O–H groups in total. The molecular formula is C11H20N4O2. The highest BCUT2D eigenvalue weighted by molar-refractivity contribution is 5.77. The Bertz CT molecular complexity index is 377. The van der Waals surface area contributed by atoms with Gasteiger partial charge in [0.2, 0.25) is 0 Å². The molecule has 0 aromatic carbocycles. The lowest BCUT2D eigenvalue weighted by Gasteiger charge is -2.24. The van der Waals surface area contributed by atoms with Crippen LogP contribution < -0.4 is 5.73 Å². The number of hydrogen-bond donors (Lipinski definition) is 1. The van der Waals surface area contributed by atoms with Gasteiger partial charge in [0.15, 0.2) is 0 Å². The quantitative estimate of drug-likeness (QED) is 0.726. The van der Waals surface area contributed by atoms with E-state index in [4.69, 9.17) is 10.5 Å². The molecule has 1 atom stereocenters. The van der Waals surface area contributed by atoms with Crippen molar-refractivity contribution in [3.05, 3.63) is 12.2 Å². The number of hydrogen-bond acceptors (Lipinski definition) is 5. The van der Waals surface area contributed by atoms with Crippen LogP contribution in [0.2, 0.25) is 0 Å². The van der Waals surface area contributed by atoms with Crippen LogP contribution in [0.15, 0.2) is 6.33 Å². The molecule has 17 heavy (non-hydrogen) atoms. The van der Waals surface area contributed by atoms with Crippen LogP contribution in [0, 0.1) is 5.41 Å². The van der Waals surface area contributed by atoms with E-state index in [1.165, 1.54) is 6.33 Å². The van der Waals surface area contributed by atoms with E-state index in [2.05, 4.69) is 10.1 Å². The van der Waals surface area contributed by atoms with E-state index in [0.29, 0.717) is 13.0 Å². The first-order chi connectivity index (χ1) is 8.07. The molecule has 0 amide bonds. The van der Waals surface area contributed by atoms with Gasteiger partial charge in [-0.3, -0.25) is 9.48 Å². The fourth-order valence-electron chi connectivity index (χ4n) is 1.57. The average molecular weight is 240 g/mol. The zero-order chi connectivity index (χ0) is 12.9. The van der Waals surface area contributed by atoms with Crippen LogP contribution in [-0.2, 0) is 22.5 Å². The molecule has 1 aromatic heterocycles. The van der Waals surface area contributed by atoms with E-state index in [1.54, 1.807) is 18.5 Å². The third-order valence-electron chi connectivity index (χ3n) is 2.76. The smallest absolute Gasteiger partial charge is 0.313 e. The van der Waals surface area contributed by atoms with Gasteiger partial charge in [0.25, 0.3) is 0 Å². The lowest BCUT2D eigenvalue weighted by atomic mass is 9.86. The van der Waals surface area contributed by atoms with Gasteiger partial charge in [-0.25, -0.2) is 4.98 Å². The van der Waals surface area contributed by atoms with Crippen molar-refractivity contribution in [2.75, 3.05) is 13.2 Å². The Labute approximate surface area is 101 Å². The lowest BCUT2D eigenvalue weighted by Crippen LogP contribution is -2.40. The van der Waals surface area contributed by atoms with E-state index in [-0.39, 0.29) is 12.5 Å². The molecule has 0 bridgehead atoms. The van der Waals surface area contributed by atoms with E-state index >= 15 is 0 Å². The highest BCUT2D eigenvalue weighted by Gasteiger charge is 2.35.